The van der Waals surface area contributed by atoms with Crippen LogP contribution in [-0.2, 0) is 9.98 Å². The number of nitrogens with one attached hydrogen (secondary N) is 3. The number of aromatic nitrogens is 4. The lowest BCUT2D eigenvalue weighted by Gasteiger charge is -2.14. The highest BCUT2D eigenvalue weighted by Gasteiger charge is 2.22. The summed E-state index contributed by atoms with van der Waals surface area (Å²) < 4.78 is 19.9. The van der Waals surface area contributed by atoms with Crippen LogP contribution in [0.5, 0.6) is 11.6 Å². The number of para-hydroxylation sites is 1. The van der Waals surface area contributed by atoms with Crippen LogP contribution in [0.4, 0.5) is 27.9 Å². The Morgan fingerprint density at radius 1 is 0.872 bits per heavy atom. The zero-order valence-corrected chi connectivity index (χ0v) is 27.2. The Bertz CT molecular complexity index is 2100. The Morgan fingerprint density at radius 3 is 2.28 bits per heavy atom. The highest BCUT2D eigenvalue weighted by molar-refractivity contribution is 7.65. The van der Waals surface area contributed by atoms with E-state index in [4.69, 9.17) is 9.84 Å². The van der Waals surface area contributed by atoms with E-state index in [1.807, 2.05) is 81.4 Å². The number of amides is 2. The van der Waals surface area contributed by atoms with Crippen molar-refractivity contribution in [2.75, 3.05) is 22.6 Å². The molecular formula is C35H34N7O4P. The van der Waals surface area contributed by atoms with Crippen molar-refractivity contribution in [2.45, 2.75) is 26.2 Å². The Kier molecular flexibility index (Phi) is 8.51. The largest absolute Gasteiger partial charge is 0.438 e. The van der Waals surface area contributed by atoms with Crippen LogP contribution in [0.1, 0.15) is 26.5 Å². The molecule has 1 unspecified atom stereocenters. The molecule has 0 saturated heterocycles. The van der Waals surface area contributed by atoms with Crippen molar-refractivity contribution in [2.24, 2.45) is 0 Å². The third-order valence-corrected chi connectivity index (χ3v) is 8.56. The van der Waals surface area contributed by atoms with E-state index in [-0.39, 0.29) is 5.41 Å². The Morgan fingerprint density at radius 2 is 1.57 bits per heavy atom. The van der Waals surface area contributed by atoms with E-state index in [9.17, 15) is 14.3 Å². The molecule has 47 heavy (non-hydrogen) atoms. The van der Waals surface area contributed by atoms with Crippen LogP contribution in [0.15, 0.2) is 109 Å². The van der Waals surface area contributed by atoms with E-state index in [1.54, 1.807) is 53.3 Å². The van der Waals surface area contributed by atoms with E-state index >= 15 is 0 Å². The molecule has 0 aliphatic carbocycles. The first kappa shape index (κ1) is 31.5. The average molecular weight is 648 g/mol. The van der Waals surface area contributed by atoms with Gasteiger partial charge in [0.2, 0.25) is 19.2 Å². The van der Waals surface area contributed by atoms with Crippen molar-refractivity contribution in [3.63, 3.8) is 0 Å². The molecule has 2 heterocycles. The first-order chi connectivity index (χ1) is 22.4. The monoisotopic (exact) mass is 647 g/mol. The standard InChI is InChI=1S/C35H34N7O4P/c1-35(2,3)30-22-31(42(41-30)24-14-16-25(17-15-24)47(4,44)45)39-34(43)38-28-18-19-29(27-13-9-8-12-26(27)28)46-32-20-21-36-33(40-32)37-23-10-6-5-7-11-23/h5-22H,1-4H3,(H,44,45)(H,36,37,40)(H2,38,39,43). The number of nitrogens with zero attached hydrogens (tertiary/aromatic N) is 4. The number of benzene rings is 4. The minimum absolute atomic E-state index is 0.295. The molecule has 1 atom stereocenters. The number of rotatable bonds is 8. The van der Waals surface area contributed by atoms with Gasteiger partial charge in [-0.05, 0) is 48.5 Å². The van der Waals surface area contributed by atoms with Crippen molar-refractivity contribution in [1.82, 2.24) is 19.7 Å². The second-order valence-electron chi connectivity index (χ2n) is 12.0. The molecule has 0 spiro atoms. The number of hydrogen-bond donors (Lipinski definition) is 4. The Labute approximate surface area is 272 Å². The molecule has 12 heteroatoms. The SMILES string of the molecule is CC(C)(C)c1cc(NC(=O)Nc2ccc(Oc3ccnc(Nc4ccccc4)n3)c3ccccc23)n(-c2ccc(P(C)(=O)O)cc2)n1. The fraction of sp³-hybridized carbons (Fsp3) is 0.143. The van der Waals surface area contributed by atoms with Gasteiger partial charge in [-0.3, -0.25) is 9.88 Å². The number of carbonyl (C=O) groups excluding carboxylic acids is 1. The lowest BCUT2D eigenvalue weighted by atomic mass is 9.92. The van der Waals surface area contributed by atoms with E-state index < -0.39 is 13.4 Å². The van der Waals surface area contributed by atoms with Gasteiger partial charge >= 0.3 is 6.03 Å². The van der Waals surface area contributed by atoms with Gasteiger partial charge in [-0.2, -0.15) is 10.1 Å². The maximum Gasteiger partial charge on any atom is 0.324 e. The maximum atomic E-state index is 13.4. The molecule has 0 radical (unpaired) electrons. The van der Waals surface area contributed by atoms with Gasteiger partial charge in [-0.25, -0.2) is 14.5 Å². The van der Waals surface area contributed by atoms with Crippen molar-refractivity contribution in [1.29, 1.82) is 0 Å². The molecular weight excluding hydrogens is 613 g/mol. The molecule has 11 nitrogen and oxygen atoms in total. The van der Waals surface area contributed by atoms with Crippen molar-refractivity contribution < 1.29 is 19.0 Å². The maximum absolute atomic E-state index is 13.4. The quantitative estimate of drug-likeness (QED) is 0.123. The van der Waals surface area contributed by atoms with Crippen molar-refractivity contribution >= 4 is 52.6 Å². The molecule has 0 aliphatic heterocycles. The second-order valence-corrected chi connectivity index (χ2v) is 14.3. The highest BCUT2D eigenvalue weighted by Crippen LogP contribution is 2.36. The minimum Gasteiger partial charge on any atom is -0.438 e. The normalized spacial score (nSPS) is 12.7. The molecule has 238 valence electrons. The predicted octanol–water partition coefficient (Wildman–Crippen LogP) is 7.82. The Hall–Kier alpha value is -5.51. The van der Waals surface area contributed by atoms with Crippen LogP contribution in [0.2, 0.25) is 0 Å². The minimum atomic E-state index is -3.41. The number of urea groups is 1. The summed E-state index contributed by atoms with van der Waals surface area (Å²) in [7, 11) is -3.41. The number of anilines is 4. The number of hydrogen-bond acceptors (Lipinski definition) is 7. The summed E-state index contributed by atoms with van der Waals surface area (Å²) in [6.45, 7) is 7.39. The first-order valence-electron chi connectivity index (χ1n) is 14.9. The molecule has 0 bridgehead atoms. The molecule has 0 saturated carbocycles. The summed E-state index contributed by atoms with van der Waals surface area (Å²) in [5.74, 6) is 1.76. The number of carbonyl (C=O) groups is 1. The lowest BCUT2D eigenvalue weighted by Crippen LogP contribution is -2.21. The predicted molar refractivity (Wildman–Crippen MR) is 186 cm³/mol. The Balaban J connectivity index is 1.24. The van der Waals surface area contributed by atoms with E-state index in [0.717, 1.165) is 22.2 Å². The average Bonchev–Trinajstić information content (AvgIpc) is 3.47. The van der Waals surface area contributed by atoms with Crippen LogP contribution in [0.3, 0.4) is 0 Å². The van der Waals surface area contributed by atoms with Crippen molar-refractivity contribution in [3.8, 4) is 17.3 Å². The highest BCUT2D eigenvalue weighted by atomic mass is 31.2. The van der Waals surface area contributed by atoms with E-state index in [0.29, 0.717) is 40.1 Å². The molecule has 0 fully saturated rings. The number of fused-ring (bicyclic) bond motifs is 1. The zero-order valence-electron chi connectivity index (χ0n) is 26.3. The van der Waals surface area contributed by atoms with Gasteiger partial charge in [0.25, 0.3) is 0 Å². The fourth-order valence-corrected chi connectivity index (χ4v) is 5.57. The van der Waals surface area contributed by atoms with E-state index in [1.165, 1.54) is 6.66 Å². The van der Waals surface area contributed by atoms with Gasteiger partial charge in [-0.15, -0.1) is 0 Å². The van der Waals surface area contributed by atoms with Gasteiger partial charge in [0, 0.05) is 52.2 Å². The second kappa shape index (κ2) is 12.7. The van der Waals surface area contributed by atoms with Gasteiger partial charge < -0.3 is 20.3 Å². The van der Waals surface area contributed by atoms with Gasteiger partial charge in [-0.1, -0.05) is 63.2 Å². The van der Waals surface area contributed by atoms with Gasteiger partial charge in [0.15, 0.2) is 0 Å². The molecule has 6 aromatic rings. The van der Waals surface area contributed by atoms with Crippen LogP contribution >= 0.6 is 7.37 Å². The summed E-state index contributed by atoms with van der Waals surface area (Å²) in [4.78, 5) is 32.2. The molecule has 0 aliphatic rings. The molecule has 6 rings (SSSR count). The van der Waals surface area contributed by atoms with Crippen LogP contribution in [-0.4, -0.2) is 37.3 Å². The fourth-order valence-electron chi connectivity index (χ4n) is 4.87. The van der Waals surface area contributed by atoms with E-state index in [2.05, 4.69) is 25.9 Å². The van der Waals surface area contributed by atoms with Gasteiger partial charge in [0.05, 0.1) is 17.1 Å². The summed E-state index contributed by atoms with van der Waals surface area (Å²) in [6.07, 6.45) is 1.62. The summed E-state index contributed by atoms with van der Waals surface area (Å²) in [5, 5.41) is 15.7. The topological polar surface area (TPSA) is 143 Å². The summed E-state index contributed by atoms with van der Waals surface area (Å²) in [6, 6.07) is 30.4. The third-order valence-electron chi connectivity index (χ3n) is 7.30. The molecule has 4 aromatic carbocycles. The summed E-state index contributed by atoms with van der Waals surface area (Å²) in [5.41, 5.74) is 2.53. The molecule has 2 aromatic heterocycles. The summed E-state index contributed by atoms with van der Waals surface area (Å²) >= 11 is 0. The molecule has 4 N–H and O–H groups in total. The lowest BCUT2D eigenvalue weighted by molar-refractivity contribution is 0.262. The van der Waals surface area contributed by atoms with Crippen LogP contribution < -0.4 is 26.0 Å². The van der Waals surface area contributed by atoms with Gasteiger partial charge in [0.1, 0.15) is 11.6 Å². The number of ether oxygens (including phenoxy) is 1. The smallest absolute Gasteiger partial charge is 0.324 e. The third kappa shape index (κ3) is 7.33. The van der Waals surface area contributed by atoms with Crippen molar-refractivity contribution in [3.05, 3.63) is 115 Å². The zero-order chi connectivity index (χ0) is 33.2. The first-order valence-corrected chi connectivity index (χ1v) is 17.0. The van der Waals surface area contributed by atoms with Crippen LogP contribution in [0, 0.1) is 0 Å². The van der Waals surface area contributed by atoms with Crippen LogP contribution in [0.25, 0.3) is 16.5 Å². The molecule has 2 amide bonds.